The Morgan fingerprint density at radius 1 is 1.80 bits per heavy atom. The first-order chi connectivity index (χ1) is 1.91. The Labute approximate surface area is 51.1 Å². The maximum Gasteiger partial charge on any atom is 0.180 e. The normalized spacial score (nSPS) is 7.40. The van der Waals surface area contributed by atoms with Crippen LogP contribution in [-0.4, -0.2) is 14.6 Å². The van der Waals surface area contributed by atoms with Crippen molar-refractivity contribution in [3.63, 3.8) is 0 Å². The predicted octanol–water partition coefficient (Wildman–Crippen LogP) is -0.176. The maximum absolute atomic E-state index is 7.90. The molecule has 0 saturated heterocycles. The monoisotopic (exact) mass is 202 g/mol. The Balaban J connectivity index is 0. The van der Waals surface area contributed by atoms with Crippen LogP contribution in [0.1, 0.15) is 0 Å². The summed E-state index contributed by atoms with van der Waals surface area (Å²) < 4.78 is 0. The average molecular weight is 202 g/mol. The molecule has 0 aliphatic carbocycles. The van der Waals surface area contributed by atoms with E-state index < -0.39 is 9.76 Å². The number of hydrogen-bond donors (Lipinski definition) is 1. The largest absolute Gasteiger partial charge is 0.434 e. The molecule has 3 heteroatoms. The van der Waals surface area contributed by atoms with Gasteiger partial charge < -0.3 is 4.80 Å². The van der Waals surface area contributed by atoms with E-state index in [1.165, 1.54) is 0 Å². The predicted molar refractivity (Wildman–Crippen MR) is 36.4 cm³/mol. The van der Waals surface area contributed by atoms with E-state index in [4.69, 9.17) is 4.80 Å². The number of halogens is 1. The number of hydrogen-bond acceptors (Lipinski definition) is 1. The van der Waals surface area contributed by atoms with Crippen LogP contribution in [0, 0.1) is 0 Å². The highest BCUT2D eigenvalue weighted by Crippen LogP contribution is 1.40. The van der Waals surface area contributed by atoms with Crippen LogP contribution in [0.2, 0.25) is 0 Å². The first-order valence-corrected chi connectivity index (χ1v) is 2.58. The molecule has 1 N–H and O–H groups in total. The molecule has 0 radical (unpaired) electrons. The molecule has 0 aromatic heterocycles. The van der Waals surface area contributed by atoms with E-state index in [1.54, 1.807) is 5.70 Å². The molecule has 5 heavy (non-hydrogen) atoms. The highest BCUT2D eigenvalue weighted by molar-refractivity contribution is 14.0. The quantitative estimate of drug-likeness (QED) is 0.462. The lowest BCUT2D eigenvalue weighted by Crippen LogP contribution is -1.71. The van der Waals surface area contributed by atoms with E-state index in [-0.39, 0.29) is 24.0 Å². The van der Waals surface area contributed by atoms with Crippen LogP contribution in [0.3, 0.4) is 0 Å². The van der Waals surface area contributed by atoms with Crippen molar-refractivity contribution in [1.29, 1.82) is 0 Å². The van der Waals surface area contributed by atoms with E-state index in [1.807, 2.05) is 0 Å². The smallest absolute Gasteiger partial charge is 0.180 e. The molecule has 0 atom stereocenters. The Morgan fingerprint density at radius 3 is 2.00 bits per heavy atom. The molecule has 0 rings (SSSR count). The summed E-state index contributed by atoms with van der Waals surface area (Å²) in [4.78, 5) is 7.90. The van der Waals surface area contributed by atoms with Gasteiger partial charge in [-0.3, -0.25) is 0 Å². The van der Waals surface area contributed by atoms with Gasteiger partial charge in [0.15, 0.2) is 9.76 Å². The standard InChI is InChI=1S/C2H6OSi.HI/c1-2-4-3;/h2-3H,1,4H2;1H. The highest BCUT2D eigenvalue weighted by atomic mass is 127. The van der Waals surface area contributed by atoms with E-state index >= 15 is 0 Å². The molecule has 0 heterocycles. The summed E-state index contributed by atoms with van der Waals surface area (Å²) in [5, 5.41) is 0. The van der Waals surface area contributed by atoms with Crippen molar-refractivity contribution in [1.82, 2.24) is 0 Å². The second-order valence-corrected chi connectivity index (χ2v) is 1.41. The van der Waals surface area contributed by atoms with E-state index in [2.05, 4.69) is 6.58 Å². The molecule has 0 aromatic carbocycles. The number of rotatable bonds is 1. The van der Waals surface area contributed by atoms with Crippen molar-refractivity contribution in [3.05, 3.63) is 12.3 Å². The van der Waals surface area contributed by atoms with Crippen LogP contribution in [0.15, 0.2) is 12.3 Å². The lowest BCUT2D eigenvalue weighted by atomic mass is 11.3. The van der Waals surface area contributed by atoms with Crippen LogP contribution in [-0.2, 0) is 0 Å². The van der Waals surface area contributed by atoms with Gasteiger partial charge in [-0.2, -0.15) is 0 Å². The molecule has 0 bridgehead atoms. The first-order valence-electron chi connectivity index (χ1n) is 1.13. The van der Waals surface area contributed by atoms with Crippen molar-refractivity contribution < 1.29 is 4.80 Å². The van der Waals surface area contributed by atoms with Gasteiger partial charge in [0, 0.05) is 0 Å². The van der Waals surface area contributed by atoms with Gasteiger partial charge in [-0.15, -0.1) is 30.6 Å². The highest BCUT2D eigenvalue weighted by Gasteiger charge is 1.49. The summed E-state index contributed by atoms with van der Waals surface area (Å²) in [7, 11) is -0.812. The Hall–Kier alpha value is 0.647. The lowest BCUT2D eigenvalue weighted by molar-refractivity contribution is 0.614. The molecule has 0 aromatic rings. The van der Waals surface area contributed by atoms with Crippen molar-refractivity contribution >= 4 is 33.7 Å². The van der Waals surface area contributed by atoms with E-state index in [9.17, 15) is 0 Å². The van der Waals surface area contributed by atoms with E-state index in [0.717, 1.165) is 0 Å². The third-order valence-electron chi connectivity index (χ3n) is 0.129. The minimum Gasteiger partial charge on any atom is -0.434 e. The third kappa shape index (κ3) is 12.0. The van der Waals surface area contributed by atoms with Gasteiger partial charge >= 0.3 is 0 Å². The second kappa shape index (κ2) is 8.82. The Morgan fingerprint density at radius 2 is 2.00 bits per heavy atom. The maximum atomic E-state index is 7.90. The lowest BCUT2D eigenvalue weighted by Gasteiger charge is -1.57. The third-order valence-corrected chi connectivity index (χ3v) is 0.387. The molecule has 0 unspecified atom stereocenters. The molecular formula is C2H7IOSi. The van der Waals surface area contributed by atoms with Crippen LogP contribution in [0.25, 0.3) is 0 Å². The summed E-state index contributed by atoms with van der Waals surface area (Å²) in [6.07, 6.45) is 0. The molecular weight excluding hydrogens is 195 g/mol. The SMILES string of the molecule is C=C[SiH2]O.I. The van der Waals surface area contributed by atoms with Gasteiger partial charge in [0.05, 0.1) is 0 Å². The minimum absolute atomic E-state index is 0. The van der Waals surface area contributed by atoms with Crippen LogP contribution < -0.4 is 0 Å². The van der Waals surface area contributed by atoms with Crippen molar-refractivity contribution in [2.75, 3.05) is 0 Å². The minimum atomic E-state index is -0.812. The summed E-state index contributed by atoms with van der Waals surface area (Å²) in [5.41, 5.74) is 1.57. The molecule has 0 amide bonds. The Kier molecular flexibility index (Phi) is 16.2. The fourth-order valence-corrected chi connectivity index (χ4v) is 0. The molecule has 0 aliphatic heterocycles. The van der Waals surface area contributed by atoms with Crippen molar-refractivity contribution in [3.8, 4) is 0 Å². The molecule has 0 aliphatic rings. The van der Waals surface area contributed by atoms with Crippen molar-refractivity contribution in [2.24, 2.45) is 0 Å². The first kappa shape index (κ1) is 9.17. The van der Waals surface area contributed by atoms with E-state index in [0.29, 0.717) is 0 Å². The zero-order valence-corrected chi connectivity index (χ0v) is 6.59. The topological polar surface area (TPSA) is 20.2 Å². The van der Waals surface area contributed by atoms with Gasteiger partial charge in [0.25, 0.3) is 0 Å². The van der Waals surface area contributed by atoms with Crippen LogP contribution in [0.4, 0.5) is 0 Å². The molecule has 1 nitrogen and oxygen atoms in total. The van der Waals surface area contributed by atoms with Gasteiger partial charge in [0.2, 0.25) is 0 Å². The zero-order valence-electron chi connectivity index (χ0n) is 2.85. The van der Waals surface area contributed by atoms with Crippen LogP contribution in [0.5, 0.6) is 0 Å². The van der Waals surface area contributed by atoms with Crippen molar-refractivity contribution in [2.45, 2.75) is 0 Å². The fraction of sp³-hybridized carbons (Fsp3) is 0. The molecule has 0 saturated carbocycles. The summed E-state index contributed by atoms with van der Waals surface area (Å²) in [6, 6.07) is 0. The second-order valence-electron chi connectivity index (χ2n) is 0.471. The zero-order chi connectivity index (χ0) is 3.41. The van der Waals surface area contributed by atoms with Gasteiger partial charge in [-0.05, 0) is 0 Å². The van der Waals surface area contributed by atoms with Gasteiger partial charge in [0.1, 0.15) is 0 Å². The summed E-state index contributed by atoms with van der Waals surface area (Å²) >= 11 is 0. The van der Waals surface area contributed by atoms with Crippen LogP contribution >= 0.6 is 24.0 Å². The summed E-state index contributed by atoms with van der Waals surface area (Å²) in [6.45, 7) is 3.29. The molecule has 0 fully saturated rings. The van der Waals surface area contributed by atoms with Gasteiger partial charge in [-0.1, -0.05) is 5.70 Å². The molecule has 32 valence electrons. The van der Waals surface area contributed by atoms with Gasteiger partial charge in [-0.25, -0.2) is 0 Å². The average Bonchev–Trinajstić information content (AvgIpc) is 1.37. The fourth-order valence-electron chi connectivity index (χ4n) is 0. The summed E-state index contributed by atoms with van der Waals surface area (Å²) in [5.74, 6) is 0. The Bertz CT molecular complexity index is 23.6. The molecule has 0 spiro atoms.